The molecule has 1 aromatic carbocycles. The van der Waals surface area contributed by atoms with Crippen molar-refractivity contribution in [1.82, 2.24) is 0 Å². The van der Waals surface area contributed by atoms with E-state index in [1.165, 1.54) is 0 Å². The third-order valence-electron chi connectivity index (χ3n) is 3.87. The maximum Gasteiger partial charge on any atom is 0.262 e. The number of nitrogens with two attached hydrogens (primary N) is 1. The van der Waals surface area contributed by atoms with E-state index >= 15 is 0 Å². The Morgan fingerprint density at radius 1 is 1.41 bits per heavy atom. The number of anilines is 2. The molecule has 6 nitrogen and oxygen atoms in total. The first kappa shape index (κ1) is 16.9. The molecular formula is C14H17Cl2N3O3. The number of carbonyl (C=O) groups is 2. The molecule has 1 heterocycles. The molecule has 0 aromatic heterocycles. The van der Waals surface area contributed by atoms with Gasteiger partial charge < -0.3 is 21.1 Å². The summed E-state index contributed by atoms with van der Waals surface area (Å²) in [5, 5.41) is 5.81. The summed E-state index contributed by atoms with van der Waals surface area (Å²) in [5.41, 5.74) is 6.91. The maximum atomic E-state index is 12.2. The van der Waals surface area contributed by atoms with Crippen molar-refractivity contribution in [3.63, 3.8) is 0 Å². The zero-order valence-corrected chi connectivity index (χ0v) is 13.3. The van der Waals surface area contributed by atoms with E-state index in [0.717, 1.165) is 19.3 Å². The molecule has 2 atom stereocenters. The van der Waals surface area contributed by atoms with Crippen molar-refractivity contribution >= 4 is 47.2 Å². The fourth-order valence-corrected chi connectivity index (χ4v) is 2.95. The first-order valence-corrected chi connectivity index (χ1v) is 7.25. The number of rotatable bonds is 2. The molecule has 4 N–H and O–H groups in total. The minimum Gasteiger partial charge on any atom is -0.482 e. The molecule has 3 rings (SSSR count). The molecule has 22 heavy (non-hydrogen) atoms. The lowest BCUT2D eigenvalue weighted by Gasteiger charge is -2.21. The van der Waals surface area contributed by atoms with Gasteiger partial charge in [-0.1, -0.05) is 18.0 Å². The Bertz CT molecular complexity index is 609. The molecule has 120 valence electrons. The van der Waals surface area contributed by atoms with Gasteiger partial charge in [0.1, 0.15) is 5.75 Å². The summed E-state index contributed by atoms with van der Waals surface area (Å²) in [4.78, 5) is 23.5. The zero-order chi connectivity index (χ0) is 15.0. The number of hydrogen-bond acceptors (Lipinski definition) is 4. The second-order valence-corrected chi connectivity index (χ2v) is 5.76. The summed E-state index contributed by atoms with van der Waals surface area (Å²) in [6.45, 7) is -0.0461. The first-order chi connectivity index (χ1) is 10.0. The predicted molar refractivity (Wildman–Crippen MR) is 86.8 cm³/mol. The fourth-order valence-electron chi connectivity index (χ4n) is 2.74. The van der Waals surface area contributed by atoms with Gasteiger partial charge in [0.05, 0.1) is 22.3 Å². The topological polar surface area (TPSA) is 93.5 Å². The highest BCUT2D eigenvalue weighted by molar-refractivity contribution is 6.34. The van der Waals surface area contributed by atoms with Crippen LogP contribution in [-0.2, 0) is 9.59 Å². The van der Waals surface area contributed by atoms with Crippen molar-refractivity contribution in [3.8, 4) is 5.75 Å². The van der Waals surface area contributed by atoms with Crippen LogP contribution in [0, 0.1) is 5.92 Å². The monoisotopic (exact) mass is 345 g/mol. The van der Waals surface area contributed by atoms with Crippen LogP contribution in [0.25, 0.3) is 0 Å². The number of nitrogens with one attached hydrogen (secondary N) is 2. The normalized spacial score (nSPS) is 22.9. The number of carbonyl (C=O) groups excluding carboxylic acids is 2. The smallest absolute Gasteiger partial charge is 0.262 e. The standard InChI is InChI=1S/C14H16ClN3O3.ClH/c15-8-4-11-12(21-6-13(19)17-11)5-10(8)18-14(20)7-2-1-3-9(7)16;/h4-5,7,9H,1-3,6,16H2,(H,17,19)(H,18,20);1H. The molecule has 0 spiro atoms. The number of amides is 2. The number of hydrogen-bond donors (Lipinski definition) is 3. The lowest BCUT2D eigenvalue weighted by Crippen LogP contribution is -2.34. The van der Waals surface area contributed by atoms with Crippen molar-refractivity contribution < 1.29 is 14.3 Å². The van der Waals surface area contributed by atoms with Crippen LogP contribution < -0.4 is 21.1 Å². The Kier molecular flexibility index (Phi) is 5.16. The Hall–Kier alpha value is -1.50. The van der Waals surface area contributed by atoms with Gasteiger partial charge in [-0.2, -0.15) is 0 Å². The fraction of sp³-hybridized carbons (Fsp3) is 0.429. The second kappa shape index (κ2) is 6.73. The summed E-state index contributed by atoms with van der Waals surface area (Å²) >= 11 is 6.14. The minimum atomic E-state index is -0.229. The highest BCUT2D eigenvalue weighted by atomic mass is 35.5. The summed E-state index contributed by atoms with van der Waals surface area (Å²) < 4.78 is 5.31. The van der Waals surface area contributed by atoms with Crippen molar-refractivity contribution in [1.29, 1.82) is 0 Å². The van der Waals surface area contributed by atoms with Crippen molar-refractivity contribution in [2.45, 2.75) is 25.3 Å². The molecule has 8 heteroatoms. The van der Waals surface area contributed by atoms with E-state index in [1.807, 2.05) is 0 Å². The van der Waals surface area contributed by atoms with Crippen LogP contribution in [0.4, 0.5) is 11.4 Å². The molecule has 1 aliphatic carbocycles. The van der Waals surface area contributed by atoms with Crippen molar-refractivity contribution in [3.05, 3.63) is 17.2 Å². The Morgan fingerprint density at radius 3 is 2.86 bits per heavy atom. The van der Waals surface area contributed by atoms with Crippen LogP contribution in [0.5, 0.6) is 5.75 Å². The van der Waals surface area contributed by atoms with Gasteiger partial charge in [0.25, 0.3) is 5.91 Å². The Labute approximate surface area is 139 Å². The van der Waals surface area contributed by atoms with Gasteiger partial charge in [0.2, 0.25) is 5.91 Å². The van der Waals surface area contributed by atoms with E-state index in [9.17, 15) is 9.59 Å². The SMILES string of the molecule is Cl.NC1CCCC1C(=O)Nc1cc2c(cc1Cl)NC(=O)CO2. The highest BCUT2D eigenvalue weighted by Gasteiger charge is 2.30. The second-order valence-electron chi connectivity index (χ2n) is 5.36. The molecule has 1 aromatic rings. The molecule has 1 fully saturated rings. The van der Waals surface area contributed by atoms with E-state index in [-0.39, 0.29) is 42.8 Å². The number of fused-ring (bicyclic) bond motifs is 1. The first-order valence-electron chi connectivity index (χ1n) is 6.87. The third-order valence-corrected chi connectivity index (χ3v) is 4.18. The molecular weight excluding hydrogens is 329 g/mol. The van der Waals surface area contributed by atoms with Crippen LogP contribution in [0.15, 0.2) is 12.1 Å². The summed E-state index contributed by atoms with van der Waals surface area (Å²) in [6.07, 6.45) is 2.62. The molecule has 1 aliphatic heterocycles. The van der Waals surface area contributed by atoms with E-state index in [4.69, 9.17) is 22.1 Å². The van der Waals surface area contributed by atoms with E-state index in [1.54, 1.807) is 12.1 Å². The Balaban J connectivity index is 0.00000176. The Morgan fingerprint density at radius 2 is 2.18 bits per heavy atom. The molecule has 0 radical (unpaired) electrons. The summed E-state index contributed by atoms with van der Waals surface area (Å²) in [6, 6.07) is 3.09. The van der Waals surface area contributed by atoms with E-state index in [0.29, 0.717) is 22.1 Å². The number of benzene rings is 1. The average molecular weight is 346 g/mol. The van der Waals surface area contributed by atoms with Crippen LogP contribution in [0.2, 0.25) is 5.02 Å². The molecule has 1 saturated carbocycles. The van der Waals surface area contributed by atoms with Gasteiger partial charge in [-0.25, -0.2) is 0 Å². The van der Waals surface area contributed by atoms with Gasteiger partial charge in [-0.15, -0.1) is 12.4 Å². The van der Waals surface area contributed by atoms with E-state index in [2.05, 4.69) is 10.6 Å². The third kappa shape index (κ3) is 3.29. The average Bonchev–Trinajstić information content (AvgIpc) is 2.86. The van der Waals surface area contributed by atoms with Crippen LogP contribution in [0.3, 0.4) is 0 Å². The van der Waals surface area contributed by atoms with Gasteiger partial charge >= 0.3 is 0 Å². The summed E-state index contributed by atoms with van der Waals surface area (Å²) in [5.74, 6) is -0.0447. The van der Waals surface area contributed by atoms with Crippen LogP contribution in [-0.4, -0.2) is 24.5 Å². The van der Waals surface area contributed by atoms with Crippen LogP contribution >= 0.6 is 24.0 Å². The lowest BCUT2D eigenvalue weighted by molar-refractivity contribution is -0.120. The predicted octanol–water partition coefficient (Wildman–Crippen LogP) is 2.16. The largest absolute Gasteiger partial charge is 0.482 e. The van der Waals surface area contributed by atoms with Gasteiger partial charge in [0, 0.05) is 12.1 Å². The van der Waals surface area contributed by atoms with Crippen molar-refractivity contribution in [2.24, 2.45) is 11.7 Å². The quantitative estimate of drug-likeness (QED) is 0.765. The zero-order valence-electron chi connectivity index (χ0n) is 11.7. The summed E-state index contributed by atoms with van der Waals surface area (Å²) in [7, 11) is 0. The number of halogens is 2. The highest BCUT2D eigenvalue weighted by Crippen LogP contribution is 2.37. The number of ether oxygens (including phenoxy) is 1. The maximum absolute atomic E-state index is 12.2. The molecule has 2 unspecified atom stereocenters. The van der Waals surface area contributed by atoms with E-state index < -0.39 is 0 Å². The van der Waals surface area contributed by atoms with Gasteiger partial charge in [-0.05, 0) is 18.9 Å². The molecule has 2 amide bonds. The van der Waals surface area contributed by atoms with Gasteiger partial charge in [0.15, 0.2) is 6.61 Å². The van der Waals surface area contributed by atoms with Crippen LogP contribution in [0.1, 0.15) is 19.3 Å². The van der Waals surface area contributed by atoms with Crippen molar-refractivity contribution in [2.75, 3.05) is 17.2 Å². The molecule has 0 bridgehead atoms. The molecule has 0 saturated heterocycles. The molecule has 2 aliphatic rings. The lowest BCUT2D eigenvalue weighted by atomic mass is 10.0. The minimum absolute atomic E-state index is 0. The van der Waals surface area contributed by atoms with Gasteiger partial charge in [-0.3, -0.25) is 9.59 Å².